The van der Waals surface area contributed by atoms with Crippen molar-refractivity contribution in [2.24, 2.45) is 5.73 Å². The van der Waals surface area contributed by atoms with Gasteiger partial charge in [-0.1, -0.05) is 17.7 Å². The average Bonchev–Trinajstić information content (AvgIpc) is 2.51. The first kappa shape index (κ1) is 14.7. The minimum atomic E-state index is 0.0490. The van der Waals surface area contributed by atoms with Crippen LogP contribution >= 0.6 is 11.6 Å². The molecule has 0 radical (unpaired) electrons. The number of halogens is 1. The van der Waals surface area contributed by atoms with E-state index in [0.29, 0.717) is 0 Å². The van der Waals surface area contributed by atoms with Crippen LogP contribution in [-0.4, -0.2) is 41.7 Å². The second kappa shape index (κ2) is 6.28. The monoisotopic (exact) mass is 305 g/mol. The van der Waals surface area contributed by atoms with Crippen molar-refractivity contribution in [2.75, 3.05) is 19.7 Å². The SMILES string of the molecule is CC(N)C1CN(Cc2ccc(Cl)c3cccnc23)CCO1. The Morgan fingerprint density at radius 1 is 1.48 bits per heavy atom. The van der Waals surface area contributed by atoms with Crippen LogP contribution in [0.25, 0.3) is 10.9 Å². The largest absolute Gasteiger partial charge is 0.374 e. The van der Waals surface area contributed by atoms with Crippen LogP contribution in [-0.2, 0) is 11.3 Å². The quantitative estimate of drug-likeness (QED) is 0.946. The molecule has 1 aliphatic heterocycles. The van der Waals surface area contributed by atoms with E-state index < -0.39 is 0 Å². The highest BCUT2D eigenvalue weighted by Crippen LogP contribution is 2.26. The second-order valence-electron chi connectivity index (χ2n) is 5.61. The fourth-order valence-corrected chi connectivity index (χ4v) is 2.97. The molecule has 1 aliphatic rings. The highest BCUT2D eigenvalue weighted by atomic mass is 35.5. The molecule has 1 aromatic carbocycles. The predicted molar refractivity (Wildman–Crippen MR) is 85.4 cm³/mol. The molecule has 112 valence electrons. The molecule has 0 aliphatic carbocycles. The number of benzene rings is 1. The number of nitrogens with two attached hydrogens (primary N) is 1. The highest BCUT2D eigenvalue weighted by Gasteiger charge is 2.23. The first-order valence-electron chi connectivity index (χ1n) is 7.27. The Kier molecular flexibility index (Phi) is 4.40. The standard InChI is InChI=1S/C16H20ClN3O/c1-11(18)15-10-20(7-8-21-15)9-12-4-5-14(17)13-3-2-6-19-16(12)13/h2-6,11,15H,7-10,18H2,1H3. The Hall–Kier alpha value is -1.20. The minimum Gasteiger partial charge on any atom is -0.374 e. The number of nitrogens with zero attached hydrogens (tertiary/aromatic N) is 2. The second-order valence-corrected chi connectivity index (χ2v) is 6.02. The van der Waals surface area contributed by atoms with E-state index in [1.807, 2.05) is 31.3 Å². The third-order valence-corrected chi connectivity index (χ3v) is 4.29. The van der Waals surface area contributed by atoms with Crippen molar-refractivity contribution >= 4 is 22.5 Å². The Morgan fingerprint density at radius 2 is 2.33 bits per heavy atom. The van der Waals surface area contributed by atoms with Crippen molar-refractivity contribution in [3.05, 3.63) is 41.0 Å². The topological polar surface area (TPSA) is 51.4 Å². The van der Waals surface area contributed by atoms with Gasteiger partial charge in [0.2, 0.25) is 0 Å². The first-order chi connectivity index (χ1) is 10.1. The molecule has 3 rings (SSSR count). The van der Waals surface area contributed by atoms with E-state index in [4.69, 9.17) is 22.1 Å². The summed E-state index contributed by atoms with van der Waals surface area (Å²) in [7, 11) is 0. The third-order valence-electron chi connectivity index (χ3n) is 3.96. The molecule has 0 amide bonds. The minimum absolute atomic E-state index is 0.0490. The summed E-state index contributed by atoms with van der Waals surface area (Å²) < 4.78 is 5.71. The first-order valence-corrected chi connectivity index (χ1v) is 7.64. The van der Waals surface area contributed by atoms with Crippen molar-refractivity contribution in [1.29, 1.82) is 0 Å². The maximum Gasteiger partial charge on any atom is 0.0850 e. The zero-order valence-electron chi connectivity index (χ0n) is 12.1. The summed E-state index contributed by atoms with van der Waals surface area (Å²) in [4.78, 5) is 6.86. The molecule has 1 fully saturated rings. The van der Waals surface area contributed by atoms with Crippen LogP contribution in [0.1, 0.15) is 12.5 Å². The van der Waals surface area contributed by atoms with Gasteiger partial charge in [0.05, 0.1) is 18.2 Å². The van der Waals surface area contributed by atoms with Crippen LogP contribution < -0.4 is 5.73 Å². The number of fused-ring (bicyclic) bond motifs is 1. The van der Waals surface area contributed by atoms with Gasteiger partial charge in [0.15, 0.2) is 0 Å². The van der Waals surface area contributed by atoms with Gasteiger partial charge in [-0.15, -0.1) is 0 Å². The van der Waals surface area contributed by atoms with Crippen LogP contribution in [0.15, 0.2) is 30.5 Å². The molecule has 0 bridgehead atoms. The Labute approximate surface area is 129 Å². The van der Waals surface area contributed by atoms with Gasteiger partial charge in [0, 0.05) is 42.3 Å². The highest BCUT2D eigenvalue weighted by molar-refractivity contribution is 6.35. The molecule has 2 unspecified atom stereocenters. The number of morpholine rings is 1. The Morgan fingerprint density at radius 3 is 3.14 bits per heavy atom. The maximum absolute atomic E-state index is 6.25. The van der Waals surface area contributed by atoms with E-state index >= 15 is 0 Å². The van der Waals surface area contributed by atoms with E-state index in [0.717, 1.165) is 42.2 Å². The number of ether oxygens (including phenoxy) is 1. The van der Waals surface area contributed by atoms with Crippen molar-refractivity contribution in [3.8, 4) is 0 Å². The zero-order valence-corrected chi connectivity index (χ0v) is 12.9. The lowest BCUT2D eigenvalue weighted by Gasteiger charge is -2.34. The van der Waals surface area contributed by atoms with E-state index in [2.05, 4.69) is 16.0 Å². The normalized spacial score (nSPS) is 21.6. The Balaban J connectivity index is 1.83. The molecule has 2 aromatic rings. The third kappa shape index (κ3) is 3.19. The van der Waals surface area contributed by atoms with Crippen LogP contribution in [0, 0.1) is 0 Å². The lowest BCUT2D eigenvalue weighted by Crippen LogP contribution is -2.49. The van der Waals surface area contributed by atoms with E-state index in [-0.39, 0.29) is 12.1 Å². The molecule has 1 aromatic heterocycles. The van der Waals surface area contributed by atoms with Gasteiger partial charge in [-0.2, -0.15) is 0 Å². The molecule has 2 N–H and O–H groups in total. The Bertz CT molecular complexity index is 632. The van der Waals surface area contributed by atoms with E-state index in [1.54, 1.807) is 0 Å². The van der Waals surface area contributed by atoms with Crippen LogP contribution in [0.4, 0.5) is 0 Å². The van der Waals surface area contributed by atoms with Crippen molar-refractivity contribution < 1.29 is 4.74 Å². The average molecular weight is 306 g/mol. The fraction of sp³-hybridized carbons (Fsp3) is 0.438. The number of pyridine rings is 1. The van der Waals surface area contributed by atoms with Crippen LogP contribution in [0.3, 0.4) is 0 Å². The molecular formula is C16H20ClN3O. The van der Waals surface area contributed by atoms with Gasteiger partial charge < -0.3 is 10.5 Å². The summed E-state index contributed by atoms with van der Waals surface area (Å²) in [5.74, 6) is 0. The number of aromatic nitrogens is 1. The molecule has 2 heterocycles. The van der Waals surface area contributed by atoms with Crippen LogP contribution in [0.5, 0.6) is 0 Å². The molecular weight excluding hydrogens is 286 g/mol. The molecule has 0 saturated carbocycles. The summed E-state index contributed by atoms with van der Waals surface area (Å²) >= 11 is 6.25. The summed E-state index contributed by atoms with van der Waals surface area (Å²) in [6.45, 7) is 5.34. The summed E-state index contributed by atoms with van der Waals surface area (Å²) in [5, 5.41) is 1.76. The smallest absolute Gasteiger partial charge is 0.0850 e. The maximum atomic E-state index is 6.25. The van der Waals surface area contributed by atoms with E-state index in [1.165, 1.54) is 5.56 Å². The van der Waals surface area contributed by atoms with E-state index in [9.17, 15) is 0 Å². The summed E-state index contributed by atoms with van der Waals surface area (Å²) in [5.41, 5.74) is 8.13. The molecule has 2 atom stereocenters. The van der Waals surface area contributed by atoms with Crippen molar-refractivity contribution in [2.45, 2.75) is 25.6 Å². The van der Waals surface area contributed by atoms with Gasteiger partial charge in [0.1, 0.15) is 0 Å². The van der Waals surface area contributed by atoms with Crippen molar-refractivity contribution in [1.82, 2.24) is 9.88 Å². The lowest BCUT2D eigenvalue weighted by atomic mass is 10.1. The zero-order chi connectivity index (χ0) is 14.8. The molecule has 4 nitrogen and oxygen atoms in total. The van der Waals surface area contributed by atoms with Gasteiger partial charge in [-0.05, 0) is 30.7 Å². The lowest BCUT2D eigenvalue weighted by molar-refractivity contribution is -0.0402. The van der Waals surface area contributed by atoms with Gasteiger partial charge in [0.25, 0.3) is 0 Å². The van der Waals surface area contributed by atoms with Crippen LogP contribution in [0.2, 0.25) is 5.02 Å². The fourth-order valence-electron chi connectivity index (χ4n) is 2.76. The summed E-state index contributed by atoms with van der Waals surface area (Å²) in [6.07, 6.45) is 1.91. The molecule has 5 heteroatoms. The van der Waals surface area contributed by atoms with Gasteiger partial charge in [-0.3, -0.25) is 9.88 Å². The van der Waals surface area contributed by atoms with Gasteiger partial charge >= 0.3 is 0 Å². The molecule has 0 spiro atoms. The summed E-state index contributed by atoms with van der Waals surface area (Å²) in [6, 6.07) is 7.99. The number of rotatable bonds is 3. The number of hydrogen-bond donors (Lipinski definition) is 1. The molecule has 1 saturated heterocycles. The number of hydrogen-bond acceptors (Lipinski definition) is 4. The van der Waals surface area contributed by atoms with Gasteiger partial charge in [-0.25, -0.2) is 0 Å². The predicted octanol–water partition coefficient (Wildman–Crippen LogP) is 2.44. The van der Waals surface area contributed by atoms with Crippen molar-refractivity contribution in [3.63, 3.8) is 0 Å². The molecule has 21 heavy (non-hydrogen) atoms.